The van der Waals surface area contributed by atoms with Crippen molar-refractivity contribution in [2.75, 3.05) is 0 Å². The molecule has 0 unspecified atom stereocenters. The molecule has 0 aromatic carbocycles. The van der Waals surface area contributed by atoms with Crippen molar-refractivity contribution >= 4 is 38.5 Å². The number of aryl methyl sites for hydroxylation is 1. The quantitative estimate of drug-likeness (QED) is 0.286. The summed E-state index contributed by atoms with van der Waals surface area (Å²) in [5.41, 5.74) is -11.1. The molecule has 0 N–H and O–H groups in total. The Bertz CT molecular complexity index is 809. The van der Waals surface area contributed by atoms with Crippen molar-refractivity contribution in [2.45, 2.75) is 37.2 Å². The average molecular weight is 481 g/mol. The number of hydrogen-bond acceptors (Lipinski definition) is 4. The summed E-state index contributed by atoms with van der Waals surface area (Å²) in [6.45, 7) is 6.41. The number of halogens is 7. The molecule has 158 valence electrons. The molecule has 0 radical (unpaired) electrons. The summed E-state index contributed by atoms with van der Waals surface area (Å²) < 4.78 is 111. The Morgan fingerprint density at radius 1 is 1.04 bits per heavy atom. The van der Waals surface area contributed by atoms with Gasteiger partial charge >= 0.3 is 11.0 Å². The smallest absolute Gasteiger partial charge is 0.421 e. The Hall–Kier alpha value is -0.903. The van der Waals surface area contributed by atoms with Gasteiger partial charge < -0.3 is 4.13 Å². The maximum absolute atomic E-state index is 11.4. The lowest BCUT2D eigenvalue weighted by Gasteiger charge is -2.22. The van der Waals surface area contributed by atoms with E-state index in [9.17, 15) is 43.2 Å². The number of aromatic nitrogens is 1. The zero-order valence-corrected chi connectivity index (χ0v) is 17.4. The van der Waals surface area contributed by atoms with Crippen LogP contribution < -0.4 is 4.57 Å². The topological polar surface area (TPSA) is 86.3 Å². The van der Waals surface area contributed by atoms with Gasteiger partial charge in [-0.3, -0.25) is 0 Å². The number of pyridine rings is 1. The Morgan fingerprint density at radius 3 is 1.74 bits per heavy atom. The molecule has 0 saturated carbocycles. The minimum Gasteiger partial charge on any atom is -0.421 e. The first-order valence-electron chi connectivity index (χ1n) is 6.69. The molecule has 1 aromatic rings. The highest BCUT2D eigenvalue weighted by Crippen LogP contribution is 2.36. The van der Waals surface area contributed by atoms with Crippen LogP contribution in [0.15, 0.2) is 24.5 Å². The van der Waals surface area contributed by atoms with Crippen molar-refractivity contribution in [2.24, 2.45) is 0 Å². The minimum absolute atomic E-state index is 0.778. The fourth-order valence-electron chi connectivity index (χ4n) is 1.40. The van der Waals surface area contributed by atoms with Crippen LogP contribution in [-0.2, 0) is 26.2 Å². The summed E-state index contributed by atoms with van der Waals surface area (Å²) in [4.78, 5) is 0. The van der Waals surface area contributed by atoms with Crippen LogP contribution in [0.3, 0.4) is 0 Å². The molecule has 0 aliphatic rings. The molecular formula is C11H15ClF6N2O4S2Si. The minimum atomic E-state index is -6.72. The van der Waals surface area contributed by atoms with Gasteiger partial charge in [0.25, 0.3) is 0 Å². The SMILES string of the molecule is Cc1ccc[n+](C[Si](C)(C)Cl)c1.O=S(=O)([N-]S(=O)(=O)C(F)(F)F)C(F)(F)F. The van der Waals surface area contributed by atoms with E-state index < -0.39 is 38.4 Å². The first-order chi connectivity index (χ1) is 11.7. The number of nitrogens with zero attached hydrogens (tertiary/aromatic N) is 2. The molecule has 0 bridgehead atoms. The van der Waals surface area contributed by atoms with Crippen LogP contribution in [-0.4, -0.2) is 35.2 Å². The Labute approximate surface area is 158 Å². The van der Waals surface area contributed by atoms with Crippen molar-refractivity contribution in [1.82, 2.24) is 0 Å². The van der Waals surface area contributed by atoms with Crippen molar-refractivity contribution in [1.29, 1.82) is 0 Å². The summed E-state index contributed by atoms with van der Waals surface area (Å²) in [5.74, 6) is 0. The molecule has 6 nitrogen and oxygen atoms in total. The van der Waals surface area contributed by atoms with E-state index >= 15 is 0 Å². The van der Waals surface area contributed by atoms with E-state index in [-0.39, 0.29) is 0 Å². The third-order valence-corrected chi connectivity index (χ3v) is 6.56. The number of hydrogen-bond donors (Lipinski definition) is 0. The summed E-state index contributed by atoms with van der Waals surface area (Å²) >= 11 is 6.24. The van der Waals surface area contributed by atoms with Crippen molar-refractivity contribution in [3.8, 4) is 0 Å². The first kappa shape index (κ1) is 26.1. The Morgan fingerprint density at radius 2 is 1.44 bits per heavy atom. The fourth-order valence-corrected chi connectivity index (χ4v) is 4.59. The maximum Gasteiger partial charge on any atom is 0.480 e. The fraction of sp³-hybridized carbons (Fsp3) is 0.545. The van der Waals surface area contributed by atoms with Crippen LogP contribution in [0.2, 0.25) is 13.1 Å². The maximum atomic E-state index is 11.4. The van der Waals surface area contributed by atoms with Crippen molar-refractivity contribution in [3.63, 3.8) is 0 Å². The van der Waals surface area contributed by atoms with Crippen LogP contribution >= 0.6 is 11.1 Å². The van der Waals surface area contributed by atoms with Crippen molar-refractivity contribution < 1.29 is 47.7 Å². The molecule has 0 saturated heterocycles. The summed E-state index contributed by atoms with van der Waals surface area (Å²) in [6.07, 6.45) is 5.19. The van der Waals surface area contributed by atoms with E-state index in [1.54, 1.807) is 0 Å². The number of alkyl halides is 6. The van der Waals surface area contributed by atoms with Crippen LogP contribution in [0.5, 0.6) is 0 Å². The molecule has 0 amide bonds. The van der Waals surface area contributed by atoms with Gasteiger partial charge in [0.05, 0.1) is 0 Å². The molecular weight excluding hydrogens is 466 g/mol. The molecule has 27 heavy (non-hydrogen) atoms. The molecule has 0 aliphatic carbocycles. The zero-order valence-electron chi connectivity index (χ0n) is 14.0. The molecule has 1 rings (SSSR count). The van der Waals surface area contributed by atoms with Gasteiger partial charge in [0.1, 0.15) is 6.17 Å². The van der Waals surface area contributed by atoms with Gasteiger partial charge in [-0.05, 0) is 13.0 Å². The summed E-state index contributed by atoms with van der Waals surface area (Å²) in [5, 5.41) is 0. The van der Waals surface area contributed by atoms with Gasteiger partial charge in [-0.15, -0.1) is 0 Å². The second-order valence-electron chi connectivity index (χ2n) is 5.69. The van der Waals surface area contributed by atoms with Gasteiger partial charge in [-0.1, -0.05) is 13.1 Å². The predicted octanol–water partition coefficient (Wildman–Crippen LogP) is 3.32. The monoisotopic (exact) mass is 480 g/mol. The van der Waals surface area contributed by atoms with E-state index in [2.05, 4.69) is 49.1 Å². The van der Waals surface area contributed by atoms with Gasteiger partial charge in [-0.2, -0.15) is 37.4 Å². The van der Waals surface area contributed by atoms with E-state index in [0.717, 1.165) is 10.3 Å². The third-order valence-electron chi connectivity index (χ3n) is 2.35. The van der Waals surface area contributed by atoms with E-state index in [0.29, 0.717) is 0 Å². The molecule has 16 heteroatoms. The molecule has 1 heterocycles. The van der Waals surface area contributed by atoms with Gasteiger partial charge in [0.15, 0.2) is 32.4 Å². The lowest BCUT2D eigenvalue weighted by atomic mass is 10.3. The van der Waals surface area contributed by atoms with Crippen LogP contribution in [0.1, 0.15) is 5.56 Å². The highest BCUT2D eigenvalue weighted by molar-refractivity contribution is 8.13. The van der Waals surface area contributed by atoms with Crippen LogP contribution in [0.25, 0.3) is 4.13 Å². The van der Waals surface area contributed by atoms with E-state index in [1.165, 1.54) is 5.56 Å². The highest BCUT2D eigenvalue weighted by Gasteiger charge is 2.46. The summed E-state index contributed by atoms with van der Waals surface area (Å²) in [6, 6.07) is 4.16. The normalized spacial score (nSPS) is 13.7. The van der Waals surface area contributed by atoms with Crippen LogP contribution in [0, 0.1) is 6.92 Å². The van der Waals surface area contributed by atoms with E-state index in [1.807, 2.05) is 0 Å². The largest absolute Gasteiger partial charge is 0.480 e. The second-order valence-corrected chi connectivity index (χ2v) is 15.9. The van der Waals surface area contributed by atoms with Crippen LogP contribution in [0.4, 0.5) is 26.3 Å². The summed E-state index contributed by atoms with van der Waals surface area (Å²) in [7, 11) is -14.9. The predicted molar refractivity (Wildman–Crippen MR) is 88.0 cm³/mol. The molecule has 1 aromatic heterocycles. The Balaban J connectivity index is 0.000000511. The standard InChI is InChI=1S/C9H15ClNSi.C2F6NO4S2/c1-9-5-4-6-11(7-9)8-12(2,3)10;3-1(4,5)14(10,11)9-15(12,13)2(6,7)8/h4-7H,8H2,1-3H3;/q+1;-1. The van der Waals surface area contributed by atoms with Gasteiger partial charge in [0, 0.05) is 11.6 Å². The lowest BCUT2D eigenvalue weighted by Crippen LogP contribution is -2.44. The lowest BCUT2D eigenvalue weighted by molar-refractivity contribution is -0.680. The molecule has 0 atom stereocenters. The zero-order chi connectivity index (χ0) is 21.9. The van der Waals surface area contributed by atoms with E-state index in [4.69, 9.17) is 11.1 Å². The third kappa shape index (κ3) is 9.22. The van der Waals surface area contributed by atoms with Gasteiger partial charge in [-0.25, -0.2) is 21.4 Å². The average Bonchev–Trinajstić information content (AvgIpc) is 2.32. The van der Waals surface area contributed by atoms with Gasteiger partial charge in [0.2, 0.25) is 7.38 Å². The molecule has 0 fully saturated rings. The Kier molecular flexibility index (Phi) is 8.34. The second kappa shape index (κ2) is 8.63. The molecule has 0 spiro atoms. The molecule has 0 aliphatic heterocycles. The highest BCUT2D eigenvalue weighted by atomic mass is 35.6. The number of sulfonamides is 2. The van der Waals surface area contributed by atoms with Crippen molar-refractivity contribution in [3.05, 3.63) is 34.2 Å². The number of rotatable bonds is 4. The first-order valence-corrected chi connectivity index (χ1v) is 13.8.